The number of rotatable bonds is 8. The van der Waals surface area contributed by atoms with Crippen molar-refractivity contribution in [2.75, 3.05) is 31.5 Å². The van der Waals surface area contributed by atoms with Gasteiger partial charge in [-0.1, -0.05) is 12.1 Å². The Hall–Kier alpha value is -2.91. The van der Waals surface area contributed by atoms with Crippen LogP contribution in [0.15, 0.2) is 41.5 Å². The molecule has 0 bridgehead atoms. The molecule has 2 aromatic rings. The number of aromatic nitrogens is 2. The van der Waals surface area contributed by atoms with Crippen LogP contribution in [0.1, 0.15) is 18.2 Å². The number of guanidine groups is 1. The fourth-order valence-electron chi connectivity index (χ4n) is 2.25. The average molecular weight is 398 g/mol. The molecule has 1 aromatic heterocycles. The van der Waals surface area contributed by atoms with Crippen molar-refractivity contribution < 1.29 is 17.6 Å². The number of aliphatic imine (C=N–C) groups is 1. The molecule has 10 heteroatoms. The van der Waals surface area contributed by atoms with E-state index in [-0.39, 0.29) is 11.8 Å². The number of hydrogen-bond acceptors (Lipinski definition) is 4. The maximum absolute atomic E-state index is 12.9. The Balaban J connectivity index is 1.78. The first kappa shape index (κ1) is 21.4. The van der Waals surface area contributed by atoms with E-state index in [1.807, 2.05) is 6.92 Å². The normalized spacial score (nSPS) is 12.0. The summed E-state index contributed by atoms with van der Waals surface area (Å²) < 4.78 is 50.8. The molecule has 0 aliphatic rings. The third-order valence-corrected chi connectivity index (χ3v) is 3.57. The van der Waals surface area contributed by atoms with E-state index < -0.39 is 11.9 Å². The molecule has 28 heavy (non-hydrogen) atoms. The summed E-state index contributed by atoms with van der Waals surface area (Å²) in [5, 5.41) is 8.89. The Morgan fingerprint density at radius 3 is 2.50 bits per heavy atom. The number of nitrogens with one attached hydrogen (secondary N) is 3. The molecule has 0 spiro atoms. The molecule has 0 unspecified atom stereocenters. The molecule has 0 aliphatic carbocycles. The highest BCUT2D eigenvalue weighted by Gasteiger charge is 2.32. The summed E-state index contributed by atoms with van der Waals surface area (Å²) in [6, 6.07) is 7.06. The molecular formula is C18H22F4N6. The van der Waals surface area contributed by atoms with Gasteiger partial charge in [0.2, 0.25) is 5.95 Å². The van der Waals surface area contributed by atoms with E-state index in [4.69, 9.17) is 0 Å². The van der Waals surface area contributed by atoms with Gasteiger partial charge in [0.05, 0.1) is 0 Å². The summed E-state index contributed by atoms with van der Waals surface area (Å²) in [5.41, 5.74) is -0.0157. The molecule has 1 aromatic carbocycles. The number of alkyl halides is 3. The first-order valence-electron chi connectivity index (χ1n) is 8.79. The largest absolute Gasteiger partial charge is 0.433 e. The van der Waals surface area contributed by atoms with Crippen LogP contribution in [0.2, 0.25) is 0 Å². The minimum Gasteiger partial charge on any atom is -0.357 e. The molecular weight excluding hydrogens is 376 g/mol. The minimum atomic E-state index is -4.51. The van der Waals surface area contributed by atoms with E-state index in [9.17, 15) is 17.6 Å². The zero-order chi connectivity index (χ0) is 20.4. The molecule has 3 N–H and O–H groups in total. The van der Waals surface area contributed by atoms with Crippen molar-refractivity contribution in [3.8, 4) is 0 Å². The van der Waals surface area contributed by atoms with Crippen molar-refractivity contribution in [3.63, 3.8) is 0 Å². The van der Waals surface area contributed by atoms with Gasteiger partial charge in [-0.2, -0.15) is 13.2 Å². The standard InChI is InChI=1S/C18H22F4N6/c1-2-23-16(24-9-7-13-3-5-14(19)6-4-13)26-11-12-27-17-25-10-8-15(28-17)18(20,21)22/h3-6,8,10H,2,7,9,11-12H2,1H3,(H2,23,24,26)(H,25,27,28). The van der Waals surface area contributed by atoms with E-state index in [0.29, 0.717) is 38.6 Å². The quantitative estimate of drug-likeness (QED) is 0.276. The summed E-state index contributed by atoms with van der Waals surface area (Å²) >= 11 is 0. The fourth-order valence-corrected chi connectivity index (χ4v) is 2.25. The van der Waals surface area contributed by atoms with Crippen molar-refractivity contribution >= 4 is 11.9 Å². The second kappa shape index (κ2) is 10.4. The van der Waals surface area contributed by atoms with Crippen LogP contribution in [0.25, 0.3) is 0 Å². The Morgan fingerprint density at radius 1 is 1.07 bits per heavy atom. The molecule has 0 radical (unpaired) electrons. The number of anilines is 1. The van der Waals surface area contributed by atoms with Gasteiger partial charge in [0.1, 0.15) is 11.5 Å². The third kappa shape index (κ3) is 7.37. The maximum Gasteiger partial charge on any atom is 0.433 e. The number of halogens is 4. The Kier molecular flexibility index (Phi) is 7.97. The van der Waals surface area contributed by atoms with Crippen LogP contribution in [0, 0.1) is 5.82 Å². The van der Waals surface area contributed by atoms with Crippen LogP contribution in [-0.4, -0.2) is 42.1 Å². The van der Waals surface area contributed by atoms with Crippen LogP contribution >= 0.6 is 0 Å². The van der Waals surface area contributed by atoms with Crippen molar-refractivity contribution in [2.45, 2.75) is 19.5 Å². The highest BCUT2D eigenvalue weighted by Crippen LogP contribution is 2.27. The zero-order valence-corrected chi connectivity index (χ0v) is 15.4. The molecule has 0 aliphatic heterocycles. The first-order chi connectivity index (χ1) is 13.4. The molecule has 152 valence electrons. The second-order valence-corrected chi connectivity index (χ2v) is 5.75. The lowest BCUT2D eigenvalue weighted by atomic mass is 10.1. The number of nitrogens with zero attached hydrogens (tertiary/aromatic N) is 3. The Morgan fingerprint density at radius 2 is 1.82 bits per heavy atom. The lowest BCUT2D eigenvalue weighted by molar-refractivity contribution is -0.141. The van der Waals surface area contributed by atoms with Gasteiger partial charge in [-0.15, -0.1) is 0 Å². The number of hydrogen-bond donors (Lipinski definition) is 3. The van der Waals surface area contributed by atoms with Gasteiger partial charge in [0.25, 0.3) is 0 Å². The average Bonchev–Trinajstić information content (AvgIpc) is 2.66. The number of benzene rings is 1. The zero-order valence-electron chi connectivity index (χ0n) is 15.4. The summed E-state index contributed by atoms with van der Waals surface area (Å²) in [4.78, 5) is 11.6. The van der Waals surface area contributed by atoms with Gasteiger partial charge >= 0.3 is 6.18 Å². The van der Waals surface area contributed by atoms with E-state index in [1.165, 1.54) is 12.1 Å². The van der Waals surface area contributed by atoms with E-state index >= 15 is 0 Å². The van der Waals surface area contributed by atoms with E-state index in [2.05, 4.69) is 30.9 Å². The lowest BCUT2D eigenvalue weighted by Crippen LogP contribution is -2.39. The SMILES string of the molecule is CCNC(=NCCc1ccc(F)cc1)NCCNc1nccc(C(F)(F)F)n1. The molecule has 0 amide bonds. The summed E-state index contributed by atoms with van der Waals surface area (Å²) in [7, 11) is 0. The van der Waals surface area contributed by atoms with E-state index in [0.717, 1.165) is 17.8 Å². The summed E-state index contributed by atoms with van der Waals surface area (Å²) in [6.07, 6.45) is -2.78. The minimum absolute atomic E-state index is 0.0881. The topological polar surface area (TPSA) is 74.2 Å². The maximum atomic E-state index is 12.9. The Labute approximate surface area is 160 Å². The van der Waals surface area contributed by atoms with Crippen LogP contribution in [0.5, 0.6) is 0 Å². The molecule has 0 saturated heterocycles. The molecule has 0 atom stereocenters. The third-order valence-electron chi connectivity index (χ3n) is 3.57. The molecule has 6 nitrogen and oxygen atoms in total. The van der Waals surface area contributed by atoms with Crippen molar-refractivity contribution in [3.05, 3.63) is 53.6 Å². The van der Waals surface area contributed by atoms with Gasteiger partial charge in [-0.25, -0.2) is 14.4 Å². The van der Waals surface area contributed by atoms with Gasteiger partial charge < -0.3 is 16.0 Å². The van der Waals surface area contributed by atoms with Crippen molar-refractivity contribution in [1.29, 1.82) is 0 Å². The van der Waals surface area contributed by atoms with Crippen LogP contribution < -0.4 is 16.0 Å². The second-order valence-electron chi connectivity index (χ2n) is 5.75. The van der Waals surface area contributed by atoms with Crippen LogP contribution in [0.3, 0.4) is 0 Å². The summed E-state index contributed by atoms with van der Waals surface area (Å²) in [6.45, 7) is 3.80. The van der Waals surface area contributed by atoms with Crippen molar-refractivity contribution in [1.82, 2.24) is 20.6 Å². The molecule has 0 saturated carbocycles. The smallest absolute Gasteiger partial charge is 0.357 e. The van der Waals surface area contributed by atoms with Crippen LogP contribution in [-0.2, 0) is 12.6 Å². The molecule has 0 fully saturated rings. The highest BCUT2D eigenvalue weighted by atomic mass is 19.4. The first-order valence-corrected chi connectivity index (χ1v) is 8.79. The lowest BCUT2D eigenvalue weighted by Gasteiger charge is -2.12. The highest BCUT2D eigenvalue weighted by molar-refractivity contribution is 5.79. The van der Waals surface area contributed by atoms with Gasteiger partial charge in [0, 0.05) is 32.4 Å². The van der Waals surface area contributed by atoms with Gasteiger partial charge in [-0.3, -0.25) is 4.99 Å². The molecule has 2 rings (SSSR count). The predicted octanol–water partition coefficient (Wildman–Crippen LogP) is 2.84. The molecule has 1 heterocycles. The predicted molar refractivity (Wildman–Crippen MR) is 99.6 cm³/mol. The van der Waals surface area contributed by atoms with Crippen LogP contribution in [0.4, 0.5) is 23.5 Å². The monoisotopic (exact) mass is 398 g/mol. The van der Waals surface area contributed by atoms with Gasteiger partial charge in [0.15, 0.2) is 5.96 Å². The Bertz CT molecular complexity index is 761. The summed E-state index contributed by atoms with van der Waals surface area (Å²) in [5.74, 6) is 0.214. The fraction of sp³-hybridized carbons (Fsp3) is 0.389. The van der Waals surface area contributed by atoms with Gasteiger partial charge in [-0.05, 0) is 37.1 Å². The van der Waals surface area contributed by atoms with Crippen molar-refractivity contribution in [2.24, 2.45) is 4.99 Å². The van der Waals surface area contributed by atoms with E-state index in [1.54, 1.807) is 12.1 Å².